The Balaban J connectivity index is 1.58. The first-order valence-corrected chi connectivity index (χ1v) is 11.5. The molecule has 5 rings (SSSR count). The van der Waals surface area contributed by atoms with E-state index in [1.807, 2.05) is 6.92 Å². The molecule has 0 unspecified atom stereocenters. The first-order valence-electron chi connectivity index (χ1n) is 11.5. The number of aliphatic hydroxyl groups excluding tert-OH is 4. The quantitative estimate of drug-likeness (QED) is 0.320. The highest BCUT2D eigenvalue weighted by molar-refractivity contribution is 5.85. The lowest BCUT2D eigenvalue weighted by atomic mass is 9.40. The van der Waals surface area contributed by atoms with E-state index >= 15 is 0 Å². The Labute approximate surface area is 181 Å². The maximum absolute atomic E-state index is 12.1. The first-order chi connectivity index (χ1) is 14.5. The van der Waals surface area contributed by atoms with Gasteiger partial charge in [0, 0.05) is 30.3 Å². The van der Waals surface area contributed by atoms with Gasteiger partial charge in [-0.15, -0.1) is 0 Å². The number of carbonyl (C=O) groups excluding carboxylic acids is 1. The third kappa shape index (κ3) is 2.55. The van der Waals surface area contributed by atoms with Gasteiger partial charge in [-0.25, -0.2) is 4.79 Å². The van der Waals surface area contributed by atoms with Gasteiger partial charge in [0.2, 0.25) is 0 Å². The Hall–Kier alpha value is -1.03. The molecular weight excluding hydrogens is 404 g/mol. The molecule has 0 bridgehead atoms. The van der Waals surface area contributed by atoms with E-state index in [2.05, 4.69) is 0 Å². The van der Waals surface area contributed by atoms with Crippen LogP contribution in [0.3, 0.4) is 0 Å². The summed E-state index contributed by atoms with van der Waals surface area (Å²) in [6.07, 6.45) is 0.531. The molecule has 10 atom stereocenters. The van der Waals surface area contributed by atoms with Crippen LogP contribution in [-0.4, -0.2) is 79.3 Å². The predicted molar refractivity (Wildman–Crippen MR) is 107 cm³/mol. The molecule has 0 amide bonds. The second-order valence-corrected chi connectivity index (χ2v) is 11.0. The van der Waals surface area contributed by atoms with Gasteiger partial charge < -0.3 is 35.4 Å². The van der Waals surface area contributed by atoms with E-state index in [1.165, 1.54) is 6.08 Å². The van der Waals surface area contributed by atoms with Crippen LogP contribution in [0.4, 0.5) is 0 Å². The molecule has 1 heterocycles. The number of fused-ring (bicyclic) bond motifs is 5. The van der Waals surface area contributed by atoms with Crippen LogP contribution >= 0.6 is 0 Å². The zero-order chi connectivity index (χ0) is 22.4. The molecule has 0 aromatic carbocycles. The summed E-state index contributed by atoms with van der Waals surface area (Å²) in [5.41, 5.74) is -3.95. The summed E-state index contributed by atoms with van der Waals surface area (Å²) >= 11 is 0. The van der Waals surface area contributed by atoms with Crippen molar-refractivity contribution >= 4 is 5.97 Å². The van der Waals surface area contributed by atoms with E-state index in [-0.39, 0.29) is 44.2 Å². The zero-order valence-corrected chi connectivity index (χ0v) is 17.9. The summed E-state index contributed by atoms with van der Waals surface area (Å²) in [7, 11) is 0. The minimum Gasteiger partial charge on any atom is -0.458 e. The van der Waals surface area contributed by atoms with Gasteiger partial charge in [-0.3, -0.25) is 0 Å². The molecule has 1 aliphatic heterocycles. The summed E-state index contributed by atoms with van der Waals surface area (Å²) in [4.78, 5) is 11.7. The van der Waals surface area contributed by atoms with Crippen LogP contribution in [0.1, 0.15) is 51.9 Å². The lowest BCUT2D eigenvalue weighted by Crippen LogP contribution is -2.75. The SMILES string of the molecule is C[C@]12C[C@@H](O)[C@H]3[C@@H](CC[C@]4(O)C[C@@H](O)C[C@@H](O)[C@]34CO)[C@@]1(O)CC[C@@H]2C1=CC(=O)OC1. The van der Waals surface area contributed by atoms with Gasteiger partial charge in [0.25, 0.3) is 0 Å². The highest BCUT2D eigenvalue weighted by Crippen LogP contribution is 2.70. The van der Waals surface area contributed by atoms with Gasteiger partial charge in [-0.2, -0.15) is 0 Å². The highest BCUT2D eigenvalue weighted by Gasteiger charge is 2.75. The third-order valence-electron chi connectivity index (χ3n) is 10.1. The summed E-state index contributed by atoms with van der Waals surface area (Å²) in [6.45, 7) is 1.64. The monoisotopic (exact) mass is 438 g/mol. The largest absolute Gasteiger partial charge is 0.458 e. The Morgan fingerprint density at radius 3 is 2.52 bits per heavy atom. The van der Waals surface area contributed by atoms with Gasteiger partial charge in [-0.05, 0) is 49.5 Å². The second kappa shape index (κ2) is 6.74. The fourth-order valence-electron chi connectivity index (χ4n) is 8.69. The molecule has 174 valence electrons. The number of rotatable bonds is 2. The molecule has 4 fully saturated rings. The smallest absolute Gasteiger partial charge is 0.331 e. The Morgan fingerprint density at radius 1 is 1.13 bits per heavy atom. The van der Waals surface area contributed by atoms with Crippen molar-refractivity contribution in [1.82, 2.24) is 0 Å². The molecular formula is C23H34O8. The predicted octanol–water partition coefficient (Wildman–Crippen LogP) is -0.367. The second-order valence-electron chi connectivity index (χ2n) is 11.0. The van der Waals surface area contributed by atoms with Crippen molar-refractivity contribution in [2.24, 2.45) is 28.6 Å². The summed E-state index contributed by atoms with van der Waals surface area (Å²) in [5.74, 6) is -1.62. The minimum absolute atomic E-state index is 0.0173. The van der Waals surface area contributed by atoms with Gasteiger partial charge in [0.15, 0.2) is 0 Å². The fraction of sp³-hybridized carbons (Fsp3) is 0.870. The van der Waals surface area contributed by atoms with Gasteiger partial charge in [0.05, 0.1) is 41.5 Å². The molecule has 6 N–H and O–H groups in total. The van der Waals surface area contributed by atoms with Crippen LogP contribution < -0.4 is 0 Å². The number of carbonyl (C=O) groups is 1. The highest BCUT2D eigenvalue weighted by atomic mass is 16.5. The van der Waals surface area contributed by atoms with E-state index in [0.717, 1.165) is 5.57 Å². The van der Waals surface area contributed by atoms with E-state index < -0.39 is 58.8 Å². The minimum atomic E-state index is -1.52. The molecule has 4 aliphatic carbocycles. The molecule has 8 heteroatoms. The van der Waals surface area contributed by atoms with Crippen LogP contribution in [0.15, 0.2) is 11.6 Å². The summed E-state index contributed by atoms with van der Waals surface area (Å²) in [6, 6.07) is 0. The molecule has 0 aromatic rings. The van der Waals surface area contributed by atoms with E-state index in [9.17, 15) is 35.4 Å². The fourth-order valence-corrected chi connectivity index (χ4v) is 8.69. The Morgan fingerprint density at radius 2 is 1.87 bits per heavy atom. The molecule has 0 radical (unpaired) electrons. The van der Waals surface area contributed by atoms with Crippen molar-refractivity contribution in [3.8, 4) is 0 Å². The molecule has 8 nitrogen and oxygen atoms in total. The van der Waals surface area contributed by atoms with Crippen molar-refractivity contribution < 1.29 is 40.2 Å². The van der Waals surface area contributed by atoms with E-state index in [4.69, 9.17) is 4.74 Å². The maximum atomic E-state index is 12.1. The Bertz CT molecular complexity index is 813. The topological polar surface area (TPSA) is 148 Å². The van der Waals surface area contributed by atoms with Crippen LogP contribution in [0, 0.1) is 28.6 Å². The molecule has 5 aliphatic rings. The molecule has 0 saturated heterocycles. The number of hydrogen-bond acceptors (Lipinski definition) is 8. The molecule has 31 heavy (non-hydrogen) atoms. The van der Waals surface area contributed by atoms with Crippen LogP contribution in [0.25, 0.3) is 0 Å². The molecule has 0 spiro atoms. The van der Waals surface area contributed by atoms with E-state index in [0.29, 0.717) is 19.3 Å². The maximum Gasteiger partial charge on any atom is 0.331 e. The van der Waals surface area contributed by atoms with Crippen LogP contribution in [-0.2, 0) is 9.53 Å². The van der Waals surface area contributed by atoms with Crippen LogP contribution in [0.2, 0.25) is 0 Å². The number of cyclic esters (lactones) is 1. The average Bonchev–Trinajstić information content (AvgIpc) is 3.21. The van der Waals surface area contributed by atoms with Gasteiger partial charge in [0.1, 0.15) is 6.61 Å². The zero-order valence-electron chi connectivity index (χ0n) is 17.9. The number of ether oxygens (including phenoxy) is 1. The first kappa shape index (κ1) is 21.8. The molecule has 0 aromatic heterocycles. The lowest BCUT2D eigenvalue weighted by Gasteiger charge is -2.68. The van der Waals surface area contributed by atoms with Crippen molar-refractivity contribution in [3.63, 3.8) is 0 Å². The van der Waals surface area contributed by atoms with Gasteiger partial charge >= 0.3 is 5.97 Å². The Kier molecular flexibility index (Phi) is 4.74. The number of esters is 1. The number of hydrogen-bond donors (Lipinski definition) is 6. The lowest BCUT2D eigenvalue weighted by molar-refractivity contribution is -0.317. The summed E-state index contributed by atoms with van der Waals surface area (Å²) in [5, 5.41) is 67.0. The van der Waals surface area contributed by atoms with Crippen molar-refractivity contribution in [2.75, 3.05) is 13.2 Å². The third-order valence-corrected chi connectivity index (χ3v) is 10.1. The number of aliphatic hydroxyl groups is 6. The van der Waals surface area contributed by atoms with E-state index in [1.54, 1.807) is 0 Å². The average molecular weight is 439 g/mol. The standard InChI is InChI=1S/C23H34O8/c1-20-9-16(26)19-15(23(20,30)5-3-14(20)12-6-18(28)31-10-12)2-4-21(29)8-13(25)7-17(27)22(19,21)11-24/h6,13-17,19,24-27,29-30H,2-5,7-11H2,1H3/t13-,14+,15+,16+,17+,19+,20+,21-,22+,23-/m0/s1. The van der Waals surface area contributed by atoms with Gasteiger partial charge in [-0.1, -0.05) is 6.92 Å². The normalized spacial score (nSPS) is 56.4. The van der Waals surface area contributed by atoms with Crippen LogP contribution in [0.5, 0.6) is 0 Å². The van der Waals surface area contributed by atoms with Crippen molar-refractivity contribution in [1.29, 1.82) is 0 Å². The molecule has 4 saturated carbocycles. The van der Waals surface area contributed by atoms with Crippen molar-refractivity contribution in [3.05, 3.63) is 11.6 Å². The van der Waals surface area contributed by atoms with Crippen molar-refractivity contribution in [2.45, 2.75) is 81.4 Å². The summed E-state index contributed by atoms with van der Waals surface area (Å²) < 4.78 is 5.11.